The van der Waals surface area contributed by atoms with Crippen molar-refractivity contribution in [1.29, 1.82) is 0 Å². The number of methoxy groups -OCH3 is 1. The van der Waals surface area contributed by atoms with Crippen molar-refractivity contribution in [3.8, 4) is 0 Å². The number of benzene rings is 3. The van der Waals surface area contributed by atoms with Gasteiger partial charge < -0.3 is 9.64 Å². The molecule has 0 spiro atoms. The number of halogens is 3. The van der Waals surface area contributed by atoms with E-state index in [0.29, 0.717) is 11.3 Å². The molecule has 0 unspecified atom stereocenters. The Morgan fingerprint density at radius 2 is 1.64 bits per heavy atom. The molecule has 1 aliphatic rings. The van der Waals surface area contributed by atoms with Crippen molar-refractivity contribution in [2.24, 2.45) is 0 Å². The molecule has 4 nitrogen and oxygen atoms in total. The normalized spacial score (nSPS) is 21.0. The summed E-state index contributed by atoms with van der Waals surface area (Å²) in [7, 11) is 1.24. The van der Waals surface area contributed by atoms with Crippen molar-refractivity contribution in [2.75, 3.05) is 17.8 Å². The van der Waals surface area contributed by atoms with Crippen LogP contribution in [0.25, 0.3) is 0 Å². The van der Waals surface area contributed by atoms with Crippen LogP contribution in [0.1, 0.15) is 22.7 Å². The number of nitrogens with zero attached hydrogens (tertiary/aromatic N) is 1. The summed E-state index contributed by atoms with van der Waals surface area (Å²) >= 11 is 1.07. The van der Waals surface area contributed by atoms with E-state index in [4.69, 9.17) is 4.74 Å². The first-order valence-electron chi connectivity index (χ1n) is 10.1. The standard InChI is InChI=1S/C25H20F3NO3S/c1-32-23(31)24(18-10-4-2-5-11-18)22(17-9-8-12-19(15-17)25(26,27)28)29(21(30)16-33-24)20-13-6-3-7-14-20/h2-15,22H,16H2,1H3/t22-,24+/m0/s1. The lowest BCUT2D eigenvalue weighted by atomic mass is 9.83. The second-order valence-electron chi connectivity index (χ2n) is 7.51. The average molecular weight is 472 g/mol. The third kappa shape index (κ3) is 4.11. The summed E-state index contributed by atoms with van der Waals surface area (Å²) in [6.45, 7) is 0. The zero-order valence-corrected chi connectivity index (χ0v) is 18.4. The highest BCUT2D eigenvalue weighted by Gasteiger charge is 2.57. The maximum atomic E-state index is 13.6. The van der Waals surface area contributed by atoms with Crippen molar-refractivity contribution >= 4 is 29.3 Å². The number of hydrogen-bond acceptors (Lipinski definition) is 4. The molecule has 170 valence electrons. The van der Waals surface area contributed by atoms with Gasteiger partial charge in [0, 0.05) is 5.69 Å². The van der Waals surface area contributed by atoms with Crippen LogP contribution in [0.2, 0.25) is 0 Å². The fraction of sp³-hybridized carbons (Fsp3) is 0.200. The summed E-state index contributed by atoms with van der Waals surface area (Å²) in [4.78, 5) is 28.1. The Bertz CT molecular complexity index is 1150. The Balaban J connectivity index is 2.03. The maximum Gasteiger partial charge on any atom is 0.416 e. The second kappa shape index (κ2) is 8.94. The third-order valence-electron chi connectivity index (χ3n) is 5.59. The van der Waals surface area contributed by atoms with Gasteiger partial charge in [0.15, 0.2) is 4.75 Å². The van der Waals surface area contributed by atoms with Crippen LogP contribution < -0.4 is 4.90 Å². The van der Waals surface area contributed by atoms with Crippen LogP contribution >= 0.6 is 11.8 Å². The Hall–Kier alpha value is -3.26. The number of anilines is 1. The van der Waals surface area contributed by atoms with Crippen molar-refractivity contribution < 1.29 is 27.5 Å². The molecule has 0 bridgehead atoms. The zero-order valence-electron chi connectivity index (χ0n) is 17.6. The van der Waals surface area contributed by atoms with Crippen molar-refractivity contribution in [3.05, 3.63) is 102 Å². The Morgan fingerprint density at radius 1 is 1.00 bits per heavy atom. The summed E-state index contributed by atoms with van der Waals surface area (Å²) in [5.74, 6) is -1.01. The molecule has 2 atom stereocenters. The molecule has 3 aromatic rings. The van der Waals surface area contributed by atoms with Crippen LogP contribution in [-0.4, -0.2) is 24.7 Å². The van der Waals surface area contributed by atoms with Crippen molar-refractivity contribution in [1.82, 2.24) is 0 Å². The SMILES string of the molecule is COC(=O)[C@]1(c2ccccc2)SCC(=O)N(c2ccccc2)[C@H]1c1cccc(C(F)(F)F)c1. The first-order chi connectivity index (χ1) is 15.8. The topological polar surface area (TPSA) is 46.6 Å². The van der Waals surface area contributed by atoms with E-state index in [-0.39, 0.29) is 17.2 Å². The molecular weight excluding hydrogens is 451 g/mol. The average Bonchev–Trinajstić information content (AvgIpc) is 2.84. The number of amides is 1. The number of esters is 1. The number of alkyl halides is 3. The van der Waals surface area contributed by atoms with Gasteiger partial charge in [-0.05, 0) is 35.4 Å². The Labute approximate surface area is 193 Å². The fourth-order valence-corrected chi connectivity index (χ4v) is 5.56. The molecule has 0 saturated carbocycles. The summed E-state index contributed by atoms with van der Waals surface area (Å²) in [6.07, 6.45) is -4.58. The minimum absolute atomic E-state index is 0.0473. The van der Waals surface area contributed by atoms with Crippen molar-refractivity contribution in [3.63, 3.8) is 0 Å². The molecule has 1 heterocycles. The van der Waals surface area contributed by atoms with Crippen LogP contribution in [0.3, 0.4) is 0 Å². The van der Waals surface area contributed by atoms with Crippen LogP contribution in [0.15, 0.2) is 84.9 Å². The van der Waals surface area contributed by atoms with E-state index in [1.54, 1.807) is 60.7 Å². The molecule has 3 aromatic carbocycles. The fourth-order valence-electron chi connectivity index (χ4n) is 4.17. The van der Waals surface area contributed by atoms with Gasteiger partial charge in [-0.2, -0.15) is 13.2 Å². The molecule has 0 radical (unpaired) electrons. The highest BCUT2D eigenvalue weighted by Crippen LogP contribution is 2.54. The molecule has 1 aliphatic heterocycles. The largest absolute Gasteiger partial charge is 0.468 e. The zero-order chi connectivity index (χ0) is 23.6. The van der Waals surface area contributed by atoms with E-state index in [0.717, 1.165) is 23.9 Å². The predicted octanol–water partition coefficient (Wildman–Crippen LogP) is 5.60. The van der Waals surface area contributed by atoms with Gasteiger partial charge in [-0.3, -0.25) is 9.59 Å². The molecule has 0 aliphatic carbocycles. The quantitative estimate of drug-likeness (QED) is 0.465. The van der Waals surface area contributed by atoms with Gasteiger partial charge in [0.05, 0.1) is 24.5 Å². The monoisotopic (exact) mass is 471 g/mol. The number of carbonyl (C=O) groups excluding carboxylic acids is 2. The van der Waals surface area contributed by atoms with Crippen LogP contribution in [0.4, 0.5) is 18.9 Å². The highest BCUT2D eigenvalue weighted by atomic mass is 32.2. The highest BCUT2D eigenvalue weighted by molar-refractivity contribution is 8.01. The number of thioether (sulfide) groups is 1. The lowest BCUT2D eigenvalue weighted by Crippen LogP contribution is -2.55. The molecular formula is C25H20F3NO3S. The Kier molecular flexibility index (Phi) is 6.21. The molecule has 1 saturated heterocycles. The number of para-hydroxylation sites is 1. The predicted molar refractivity (Wildman–Crippen MR) is 121 cm³/mol. The second-order valence-corrected chi connectivity index (χ2v) is 8.73. The molecule has 8 heteroatoms. The van der Waals surface area contributed by atoms with Gasteiger partial charge in [-0.1, -0.05) is 60.7 Å². The number of rotatable bonds is 4. The minimum atomic E-state index is -4.58. The van der Waals surface area contributed by atoms with E-state index >= 15 is 0 Å². The van der Waals surface area contributed by atoms with Gasteiger partial charge in [-0.25, -0.2) is 0 Å². The number of ether oxygens (including phenoxy) is 1. The smallest absolute Gasteiger partial charge is 0.416 e. The van der Waals surface area contributed by atoms with Crippen molar-refractivity contribution in [2.45, 2.75) is 17.0 Å². The van der Waals surface area contributed by atoms with Crippen LogP contribution in [0, 0.1) is 0 Å². The van der Waals surface area contributed by atoms with Gasteiger partial charge in [-0.15, -0.1) is 11.8 Å². The molecule has 0 N–H and O–H groups in total. The number of hydrogen-bond donors (Lipinski definition) is 0. The first-order valence-corrected chi connectivity index (χ1v) is 11.1. The van der Waals surface area contributed by atoms with E-state index in [1.807, 2.05) is 0 Å². The summed E-state index contributed by atoms with van der Waals surface area (Å²) in [6, 6.07) is 21.0. The molecule has 1 fully saturated rings. The van der Waals surface area contributed by atoms with E-state index < -0.39 is 28.5 Å². The van der Waals surface area contributed by atoms with E-state index in [1.165, 1.54) is 24.1 Å². The molecule has 4 rings (SSSR count). The molecule has 33 heavy (non-hydrogen) atoms. The minimum Gasteiger partial charge on any atom is -0.468 e. The van der Waals surface area contributed by atoms with Crippen LogP contribution in [-0.2, 0) is 25.2 Å². The molecule has 0 aromatic heterocycles. The maximum absolute atomic E-state index is 13.6. The van der Waals surface area contributed by atoms with E-state index in [9.17, 15) is 22.8 Å². The first kappa shape index (κ1) is 22.9. The summed E-state index contributed by atoms with van der Waals surface area (Å²) in [5, 5.41) is 0. The number of carbonyl (C=O) groups is 2. The lowest BCUT2D eigenvalue weighted by Gasteiger charge is -2.47. The van der Waals surface area contributed by atoms with E-state index in [2.05, 4.69) is 0 Å². The summed E-state index contributed by atoms with van der Waals surface area (Å²) < 4.78 is 44.5. The van der Waals surface area contributed by atoms with Gasteiger partial charge in [0.2, 0.25) is 5.91 Å². The lowest BCUT2D eigenvalue weighted by molar-refractivity contribution is -0.144. The summed E-state index contributed by atoms with van der Waals surface area (Å²) in [5.41, 5.74) is 0.346. The van der Waals surface area contributed by atoms with Gasteiger partial charge >= 0.3 is 12.1 Å². The molecule has 1 amide bonds. The van der Waals surface area contributed by atoms with Crippen LogP contribution in [0.5, 0.6) is 0 Å². The van der Waals surface area contributed by atoms with Gasteiger partial charge in [0.25, 0.3) is 0 Å². The third-order valence-corrected chi connectivity index (χ3v) is 7.06. The Morgan fingerprint density at radius 3 is 2.24 bits per heavy atom. The van der Waals surface area contributed by atoms with Gasteiger partial charge in [0.1, 0.15) is 0 Å².